The monoisotopic (exact) mass is 423 g/mol. The van der Waals surface area contributed by atoms with Crippen LogP contribution >= 0.6 is 0 Å². The molecular weight excluding hydrogens is 390 g/mol. The van der Waals surface area contributed by atoms with Crippen molar-refractivity contribution in [1.29, 1.82) is 0 Å². The molecule has 30 heavy (non-hydrogen) atoms. The van der Waals surface area contributed by atoms with Crippen LogP contribution in [0.25, 0.3) is 0 Å². The van der Waals surface area contributed by atoms with E-state index in [1.165, 1.54) is 4.90 Å². The number of ether oxygens (including phenoxy) is 1. The minimum Gasteiger partial charge on any atom is -0.444 e. The highest BCUT2D eigenvalue weighted by molar-refractivity contribution is 5.99. The number of primary amides is 1. The fourth-order valence-electron chi connectivity index (χ4n) is 4.27. The van der Waals surface area contributed by atoms with Gasteiger partial charge in [-0.2, -0.15) is 0 Å². The first-order valence-corrected chi connectivity index (χ1v) is 10.7. The number of likely N-dealkylation sites (tertiary alicyclic amines) is 1. The average molecular weight is 424 g/mol. The maximum absolute atomic E-state index is 12.8. The Kier molecular flexibility index (Phi) is 6.42. The van der Waals surface area contributed by atoms with E-state index >= 15 is 0 Å². The van der Waals surface area contributed by atoms with Gasteiger partial charge in [-0.25, -0.2) is 9.59 Å². The molecule has 0 radical (unpaired) electrons. The molecule has 10 nitrogen and oxygen atoms in total. The van der Waals surface area contributed by atoms with Crippen LogP contribution in [0.3, 0.4) is 0 Å². The first kappa shape index (κ1) is 22.2. The number of carbonyl (C=O) groups is 4. The molecule has 0 aromatic carbocycles. The predicted octanol–water partition coefficient (Wildman–Crippen LogP) is 0.361. The quantitative estimate of drug-likeness (QED) is 0.634. The molecule has 3 aliphatic heterocycles. The minimum atomic E-state index is -0.519. The van der Waals surface area contributed by atoms with Crippen LogP contribution in [0.4, 0.5) is 9.59 Å². The summed E-state index contributed by atoms with van der Waals surface area (Å²) < 4.78 is 5.42. The zero-order valence-corrected chi connectivity index (χ0v) is 18.1. The van der Waals surface area contributed by atoms with Crippen LogP contribution in [-0.2, 0) is 14.3 Å². The van der Waals surface area contributed by atoms with Gasteiger partial charge in [-0.05, 0) is 46.0 Å². The smallest absolute Gasteiger partial charge is 0.410 e. The highest BCUT2D eigenvalue weighted by Crippen LogP contribution is 2.31. The second-order valence-electron chi connectivity index (χ2n) is 9.39. The topological polar surface area (TPSA) is 125 Å². The SMILES string of the molecule is CC(C)(C)OC(=O)N1CCC(C[C@H]2C(=O)N[C@@H]2C(=O)N2CCN(C(N)=O)CC2)CC1. The number of rotatable bonds is 3. The molecule has 0 unspecified atom stereocenters. The number of hydrogen-bond acceptors (Lipinski definition) is 5. The number of hydrogen-bond donors (Lipinski definition) is 2. The second-order valence-corrected chi connectivity index (χ2v) is 9.39. The zero-order chi connectivity index (χ0) is 22.1. The summed E-state index contributed by atoms with van der Waals surface area (Å²) in [5.74, 6) is -0.208. The Morgan fingerprint density at radius 1 is 1.00 bits per heavy atom. The van der Waals surface area contributed by atoms with Gasteiger partial charge in [-0.15, -0.1) is 0 Å². The van der Waals surface area contributed by atoms with Crippen molar-refractivity contribution in [3.63, 3.8) is 0 Å². The van der Waals surface area contributed by atoms with Crippen LogP contribution in [0.15, 0.2) is 0 Å². The second kappa shape index (κ2) is 8.69. The lowest BCUT2D eigenvalue weighted by Gasteiger charge is -2.43. The summed E-state index contributed by atoms with van der Waals surface area (Å²) in [6, 6.07) is -0.976. The van der Waals surface area contributed by atoms with Crippen molar-refractivity contribution in [3.05, 3.63) is 0 Å². The van der Waals surface area contributed by atoms with E-state index < -0.39 is 17.7 Å². The summed E-state index contributed by atoms with van der Waals surface area (Å²) >= 11 is 0. The van der Waals surface area contributed by atoms with Crippen molar-refractivity contribution < 1.29 is 23.9 Å². The van der Waals surface area contributed by atoms with Gasteiger partial charge in [0.2, 0.25) is 11.8 Å². The van der Waals surface area contributed by atoms with E-state index in [9.17, 15) is 19.2 Å². The third-order valence-electron chi connectivity index (χ3n) is 6.06. The fraction of sp³-hybridized carbons (Fsp3) is 0.800. The van der Waals surface area contributed by atoms with Gasteiger partial charge in [0.05, 0.1) is 5.92 Å². The van der Waals surface area contributed by atoms with Crippen LogP contribution in [0, 0.1) is 11.8 Å². The van der Waals surface area contributed by atoms with E-state index in [1.807, 2.05) is 20.8 Å². The number of carbonyl (C=O) groups excluding carboxylic acids is 4. The summed E-state index contributed by atoms with van der Waals surface area (Å²) in [5.41, 5.74) is 4.76. The molecule has 0 aromatic heterocycles. The Labute approximate surface area is 177 Å². The standard InChI is InChI=1S/C20H33N5O5/c1-20(2,3)30-19(29)25-6-4-13(5-7-25)12-14-15(22-16(14)26)17(27)23-8-10-24(11-9-23)18(21)28/h13-15H,4-12H2,1-3H3,(H2,21,28)(H,22,26)/t14-,15+/m1/s1. The molecular formula is C20H33N5O5. The molecule has 0 aliphatic carbocycles. The number of nitrogens with two attached hydrogens (primary N) is 1. The van der Waals surface area contributed by atoms with E-state index in [0.29, 0.717) is 51.6 Å². The average Bonchev–Trinajstić information content (AvgIpc) is 2.69. The first-order chi connectivity index (χ1) is 14.0. The lowest BCUT2D eigenvalue weighted by molar-refractivity contribution is -0.150. The van der Waals surface area contributed by atoms with Crippen LogP contribution in [0.5, 0.6) is 0 Å². The molecule has 3 N–H and O–H groups in total. The molecule has 3 fully saturated rings. The fourth-order valence-corrected chi connectivity index (χ4v) is 4.27. The highest BCUT2D eigenvalue weighted by Gasteiger charge is 2.47. The number of nitrogens with one attached hydrogen (secondary N) is 1. The molecule has 0 saturated carbocycles. The molecule has 0 bridgehead atoms. The van der Waals surface area contributed by atoms with Gasteiger partial charge in [-0.3, -0.25) is 9.59 Å². The number of piperazine rings is 1. The number of urea groups is 1. The van der Waals surface area contributed by atoms with E-state index in [4.69, 9.17) is 10.5 Å². The third kappa shape index (κ3) is 5.14. The Morgan fingerprint density at radius 3 is 2.07 bits per heavy atom. The van der Waals surface area contributed by atoms with Crippen molar-refractivity contribution in [2.75, 3.05) is 39.3 Å². The number of amides is 5. The largest absolute Gasteiger partial charge is 0.444 e. The van der Waals surface area contributed by atoms with Gasteiger partial charge >= 0.3 is 12.1 Å². The predicted molar refractivity (Wildman–Crippen MR) is 108 cm³/mol. The van der Waals surface area contributed by atoms with Crippen LogP contribution < -0.4 is 11.1 Å². The maximum Gasteiger partial charge on any atom is 0.410 e. The Morgan fingerprint density at radius 2 is 1.57 bits per heavy atom. The van der Waals surface area contributed by atoms with Crippen LogP contribution in [0.1, 0.15) is 40.0 Å². The van der Waals surface area contributed by atoms with Gasteiger partial charge in [-0.1, -0.05) is 0 Å². The molecule has 0 spiro atoms. The third-order valence-corrected chi connectivity index (χ3v) is 6.06. The van der Waals surface area contributed by atoms with Crippen molar-refractivity contribution in [3.8, 4) is 0 Å². The molecule has 5 amide bonds. The van der Waals surface area contributed by atoms with Gasteiger partial charge in [0.25, 0.3) is 0 Å². The first-order valence-electron chi connectivity index (χ1n) is 10.7. The van der Waals surface area contributed by atoms with E-state index in [2.05, 4.69) is 5.32 Å². The van der Waals surface area contributed by atoms with Crippen molar-refractivity contribution >= 4 is 23.9 Å². The van der Waals surface area contributed by atoms with Crippen molar-refractivity contribution in [2.24, 2.45) is 17.6 Å². The lowest BCUT2D eigenvalue weighted by Crippen LogP contribution is -2.67. The van der Waals surface area contributed by atoms with Gasteiger partial charge in [0.1, 0.15) is 11.6 Å². The summed E-state index contributed by atoms with van der Waals surface area (Å²) in [6.45, 7) is 8.41. The molecule has 3 saturated heterocycles. The molecule has 0 aromatic rings. The summed E-state index contributed by atoms with van der Waals surface area (Å²) in [6.07, 6.45) is 1.93. The van der Waals surface area contributed by atoms with Gasteiger partial charge in [0.15, 0.2) is 0 Å². The Hall–Kier alpha value is -2.52. The summed E-state index contributed by atoms with van der Waals surface area (Å²) in [5, 5.41) is 2.75. The van der Waals surface area contributed by atoms with E-state index in [1.54, 1.807) is 9.80 Å². The van der Waals surface area contributed by atoms with Crippen LogP contribution in [-0.4, -0.2) is 89.5 Å². The van der Waals surface area contributed by atoms with Gasteiger partial charge < -0.3 is 30.5 Å². The zero-order valence-electron chi connectivity index (χ0n) is 18.1. The van der Waals surface area contributed by atoms with Crippen molar-refractivity contribution in [2.45, 2.75) is 51.7 Å². The number of nitrogens with zero attached hydrogens (tertiary/aromatic N) is 3. The highest BCUT2D eigenvalue weighted by atomic mass is 16.6. The lowest BCUT2D eigenvalue weighted by atomic mass is 9.78. The number of piperidine rings is 1. The summed E-state index contributed by atoms with van der Waals surface area (Å²) in [4.78, 5) is 53.3. The Balaban J connectivity index is 1.46. The molecule has 3 aliphatic rings. The molecule has 10 heteroatoms. The minimum absolute atomic E-state index is 0.0845. The Bertz CT molecular complexity index is 690. The molecule has 2 atom stereocenters. The summed E-state index contributed by atoms with van der Waals surface area (Å²) in [7, 11) is 0. The molecule has 3 heterocycles. The molecule has 168 valence electrons. The van der Waals surface area contributed by atoms with E-state index in [-0.39, 0.29) is 23.8 Å². The number of β-lactam (4-membered cyclic amide) rings is 1. The van der Waals surface area contributed by atoms with Crippen molar-refractivity contribution in [1.82, 2.24) is 20.0 Å². The van der Waals surface area contributed by atoms with Gasteiger partial charge in [0, 0.05) is 39.3 Å². The van der Waals surface area contributed by atoms with E-state index in [0.717, 1.165) is 12.8 Å². The maximum atomic E-state index is 12.8. The molecule has 3 rings (SSSR count). The normalized spacial score (nSPS) is 25.4. The van der Waals surface area contributed by atoms with Crippen LogP contribution in [0.2, 0.25) is 0 Å².